The van der Waals surface area contributed by atoms with Crippen molar-refractivity contribution < 1.29 is 27.4 Å². The van der Waals surface area contributed by atoms with Crippen molar-refractivity contribution in [2.75, 3.05) is 0 Å². The smallest absolute Gasteiger partial charge is 0.352 e. The van der Waals surface area contributed by atoms with E-state index in [1.54, 1.807) is 48.5 Å². The first-order valence-electron chi connectivity index (χ1n) is 6.76. The maximum atomic E-state index is 11.5. The fourth-order valence-corrected chi connectivity index (χ4v) is 1.96. The van der Waals surface area contributed by atoms with Crippen LogP contribution in [0.5, 0.6) is 17.2 Å². The Morgan fingerprint density at radius 2 is 1.50 bits per heavy atom. The number of carbonyl (C=O) groups is 1. The van der Waals surface area contributed by atoms with Crippen molar-refractivity contribution in [3.63, 3.8) is 0 Å². The van der Waals surface area contributed by atoms with Gasteiger partial charge in [0.2, 0.25) is 15.8 Å². The minimum atomic E-state index is -2.57. The Kier molecular flexibility index (Phi) is 6.22. The molecule has 0 N–H and O–H groups in total. The minimum Gasteiger partial charge on any atom is -0.479 e. The summed E-state index contributed by atoms with van der Waals surface area (Å²) in [5.74, 6) is 0.799. The van der Waals surface area contributed by atoms with Crippen molar-refractivity contribution in [1.82, 2.24) is 0 Å². The van der Waals surface area contributed by atoms with Gasteiger partial charge in [-0.25, -0.2) is 4.79 Å². The monoisotopic (exact) mass is 368 g/mol. The minimum absolute atomic E-state index is 0.408. The van der Waals surface area contributed by atoms with Crippen LogP contribution in [0.4, 0.5) is 0 Å². The molecule has 2 aromatic rings. The molecule has 0 spiro atoms. The van der Waals surface area contributed by atoms with E-state index in [4.69, 9.17) is 21.1 Å². The summed E-state index contributed by atoms with van der Waals surface area (Å²) in [6.45, 7) is 1.45. The van der Waals surface area contributed by atoms with Crippen molar-refractivity contribution in [3.05, 3.63) is 53.6 Å². The van der Waals surface area contributed by atoms with E-state index in [0.717, 1.165) is 0 Å². The van der Waals surface area contributed by atoms with Gasteiger partial charge in [-0.1, -0.05) is 11.6 Å². The molecule has 0 aliphatic carbocycles. The molecule has 126 valence electrons. The highest BCUT2D eigenvalue weighted by molar-refractivity contribution is 7.71. The number of ether oxygens (including phenoxy) is 3. The van der Waals surface area contributed by atoms with Crippen LogP contribution in [0.25, 0.3) is 0 Å². The molecule has 0 fully saturated rings. The summed E-state index contributed by atoms with van der Waals surface area (Å²) in [7, 11) is -2.57. The lowest BCUT2D eigenvalue weighted by molar-refractivity contribution is -0.141. The van der Waals surface area contributed by atoms with Gasteiger partial charge in [-0.05, 0) is 55.5 Å². The lowest BCUT2D eigenvalue weighted by Gasteiger charge is -2.12. The van der Waals surface area contributed by atoms with Crippen molar-refractivity contribution in [2.45, 2.75) is 13.0 Å². The van der Waals surface area contributed by atoms with E-state index in [9.17, 15) is 13.2 Å². The second-order valence-corrected chi connectivity index (χ2v) is 5.73. The predicted molar refractivity (Wildman–Crippen MR) is 89.1 cm³/mol. The zero-order valence-electron chi connectivity index (χ0n) is 12.5. The van der Waals surface area contributed by atoms with Crippen LogP contribution >= 0.6 is 11.6 Å². The number of rotatable bonds is 6. The average Bonchev–Trinajstić information content (AvgIpc) is 2.56. The van der Waals surface area contributed by atoms with Crippen LogP contribution in [0.3, 0.4) is 0 Å². The molecule has 0 saturated carbocycles. The third kappa shape index (κ3) is 5.60. The molecule has 1 unspecified atom stereocenters. The van der Waals surface area contributed by atoms with Crippen LogP contribution in [-0.2, 0) is 19.8 Å². The van der Waals surface area contributed by atoms with E-state index in [1.165, 1.54) is 6.92 Å². The van der Waals surface area contributed by atoms with Crippen LogP contribution < -0.4 is 9.47 Å². The molecule has 1 atom stereocenters. The van der Waals surface area contributed by atoms with Gasteiger partial charge in [0.1, 0.15) is 17.2 Å². The Balaban J connectivity index is 1.95. The van der Waals surface area contributed by atoms with Crippen molar-refractivity contribution in [1.29, 1.82) is 0 Å². The van der Waals surface area contributed by atoms with Gasteiger partial charge in [0.15, 0.2) is 6.10 Å². The topological polar surface area (TPSA) is 78.9 Å². The largest absolute Gasteiger partial charge is 0.479 e. The van der Waals surface area contributed by atoms with Gasteiger partial charge < -0.3 is 14.2 Å². The van der Waals surface area contributed by atoms with Crippen molar-refractivity contribution in [2.24, 2.45) is 0 Å². The molecule has 0 radical (unpaired) electrons. The summed E-state index contributed by atoms with van der Waals surface area (Å²) >= 11 is 5.80. The van der Waals surface area contributed by atoms with Gasteiger partial charge in [-0.3, -0.25) is 0 Å². The SMILES string of the molecule is CC(Oc1ccc(Oc2ccc(Cl)cc2)cc1)C(=O)OC=S(=O)=O. The van der Waals surface area contributed by atoms with E-state index in [0.29, 0.717) is 27.8 Å². The molecule has 8 heteroatoms. The molecule has 24 heavy (non-hydrogen) atoms. The highest BCUT2D eigenvalue weighted by Gasteiger charge is 2.16. The van der Waals surface area contributed by atoms with Crippen LogP contribution in [0.15, 0.2) is 48.5 Å². The van der Waals surface area contributed by atoms with Crippen LogP contribution in [0, 0.1) is 0 Å². The number of hydrogen-bond acceptors (Lipinski definition) is 6. The summed E-state index contributed by atoms with van der Waals surface area (Å²) in [4.78, 5) is 11.5. The first-order valence-corrected chi connectivity index (χ1v) is 8.27. The number of hydrogen-bond donors (Lipinski definition) is 0. The summed E-state index contributed by atoms with van der Waals surface area (Å²) < 4.78 is 36.0. The molecule has 0 saturated heterocycles. The molecule has 6 nitrogen and oxygen atoms in total. The second kappa shape index (κ2) is 8.37. The third-order valence-corrected chi connectivity index (χ3v) is 3.27. The number of benzene rings is 2. The molecule has 0 amide bonds. The molecule has 0 bridgehead atoms. The summed E-state index contributed by atoms with van der Waals surface area (Å²) in [5.41, 5.74) is 0.408. The standard InChI is InChI=1S/C16H13ClO6S/c1-11(16(18)21-10-24(19)20)22-13-6-8-15(9-7-13)23-14-4-2-12(17)3-5-14/h2-11H,1H3. The Morgan fingerprint density at radius 3 is 2.04 bits per heavy atom. The second-order valence-electron chi connectivity index (χ2n) is 4.58. The normalized spacial score (nSPS) is 11.2. The van der Waals surface area contributed by atoms with E-state index in [1.807, 2.05) is 0 Å². The zero-order valence-corrected chi connectivity index (χ0v) is 14.1. The van der Waals surface area contributed by atoms with E-state index in [-0.39, 0.29) is 0 Å². The summed E-state index contributed by atoms with van der Waals surface area (Å²) in [5, 5.41) is 0.616. The highest BCUT2D eigenvalue weighted by Crippen LogP contribution is 2.25. The van der Waals surface area contributed by atoms with E-state index in [2.05, 4.69) is 4.74 Å². The molecule has 2 rings (SSSR count). The number of halogens is 1. The predicted octanol–water partition coefficient (Wildman–Crippen LogP) is 3.08. The molecule has 0 aliphatic rings. The molecular weight excluding hydrogens is 356 g/mol. The van der Waals surface area contributed by atoms with Gasteiger partial charge in [0, 0.05) is 5.02 Å². The fraction of sp³-hybridized carbons (Fsp3) is 0.125. The number of carbonyl (C=O) groups excluding carboxylic acids is 1. The zero-order chi connectivity index (χ0) is 17.5. The van der Waals surface area contributed by atoms with Gasteiger partial charge in [0.05, 0.1) is 0 Å². The first-order chi connectivity index (χ1) is 11.4. The average molecular weight is 369 g/mol. The van der Waals surface area contributed by atoms with Gasteiger partial charge in [0.25, 0.3) is 0 Å². The van der Waals surface area contributed by atoms with Crippen LogP contribution in [0.1, 0.15) is 6.92 Å². The van der Waals surface area contributed by atoms with Crippen LogP contribution in [-0.4, -0.2) is 26.0 Å². The highest BCUT2D eigenvalue weighted by atomic mass is 35.5. The lowest BCUT2D eigenvalue weighted by Crippen LogP contribution is -2.25. The van der Waals surface area contributed by atoms with E-state index < -0.39 is 22.4 Å². The van der Waals surface area contributed by atoms with Crippen LogP contribution in [0.2, 0.25) is 5.02 Å². The maximum absolute atomic E-state index is 11.5. The van der Waals surface area contributed by atoms with E-state index >= 15 is 0 Å². The Labute approximate surface area is 145 Å². The molecular formula is C16H13ClO6S. The third-order valence-electron chi connectivity index (χ3n) is 2.76. The van der Waals surface area contributed by atoms with Crippen molar-refractivity contribution in [3.8, 4) is 17.2 Å². The molecule has 0 aliphatic heterocycles. The van der Waals surface area contributed by atoms with Crippen molar-refractivity contribution >= 4 is 33.4 Å². The van der Waals surface area contributed by atoms with Gasteiger partial charge in [-0.15, -0.1) is 0 Å². The Bertz CT molecular complexity index is 820. The van der Waals surface area contributed by atoms with Gasteiger partial charge >= 0.3 is 5.97 Å². The summed E-state index contributed by atoms with van der Waals surface area (Å²) in [6.07, 6.45) is -0.965. The molecule has 2 aromatic carbocycles. The fourth-order valence-electron chi connectivity index (χ4n) is 1.66. The van der Waals surface area contributed by atoms with Gasteiger partial charge in [-0.2, -0.15) is 8.42 Å². The Morgan fingerprint density at radius 1 is 1.00 bits per heavy atom. The Hall–Kier alpha value is -2.51. The molecule has 0 aromatic heterocycles. The number of esters is 1. The maximum Gasteiger partial charge on any atom is 0.352 e. The lowest BCUT2D eigenvalue weighted by atomic mass is 10.3. The first kappa shape index (κ1) is 17.8. The quantitative estimate of drug-likeness (QED) is 0.576. The summed E-state index contributed by atoms with van der Waals surface area (Å²) in [6, 6.07) is 13.5. The molecule has 0 heterocycles.